The lowest BCUT2D eigenvalue weighted by Crippen LogP contribution is -2.31. The quantitative estimate of drug-likeness (QED) is 0.860. The maximum Gasteiger partial charge on any atom is 0.256 e. The summed E-state index contributed by atoms with van der Waals surface area (Å²) in [6, 6.07) is 11.0. The molecule has 5 heteroatoms. The lowest BCUT2D eigenvalue weighted by Gasteiger charge is -2.20. The van der Waals surface area contributed by atoms with Crippen molar-refractivity contribution in [3.8, 4) is 0 Å². The molecule has 2 amide bonds. The monoisotopic (exact) mass is 351 g/mol. The van der Waals surface area contributed by atoms with Crippen LogP contribution in [0.15, 0.2) is 42.6 Å². The second-order valence-electron chi connectivity index (χ2n) is 6.92. The van der Waals surface area contributed by atoms with Gasteiger partial charge in [-0.05, 0) is 49.1 Å². The second-order valence-corrected chi connectivity index (χ2v) is 6.92. The van der Waals surface area contributed by atoms with Crippen molar-refractivity contribution in [2.75, 3.05) is 5.32 Å². The largest absolute Gasteiger partial charge is 0.352 e. The topological polar surface area (TPSA) is 71.1 Å². The Balaban J connectivity index is 1.51. The minimum atomic E-state index is -0.195. The van der Waals surface area contributed by atoms with E-state index in [1.54, 1.807) is 24.4 Å². The first-order valence-corrected chi connectivity index (χ1v) is 9.22. The predicted molar refractivity (Wildman–Crippen MR) is 102 cm³/mol. The van der Waals surface area contributed by atoms with Crippen LogP contribution in [0.2, 0.25) is 0 Å². The maximum atomic E-state index is 12.3. The molecule has 1 aromatic heterocycles. The van der Waals surface area contributed by atoms with E-state index in [9.17, 15) is 9.59 Å². The number of pyridine rings is 1. The average molecular weight is 351 g/mol. The Bertz CT molecular complexity index is 748. The Hall–Kier alpha value is -2.69. The number of anilines is 1. The molecule has 0 atom stereocenters. The highest BCUT2D eigenvalue weighted by atomic mass is 16.2. The van der Waals surface area contributed by atoms with Crippen molar-refractivity contribution in [1.29, 1.82) is 0 Å². The molecule has 2 N–H and O–H groups in total. The first-order valence-electron chi connectivity index (χ1n) is 9.22. The molecule has 0 unspecified atom stereocenters. The molecule has 2 aromatic rings. The fraction of sp³-hybridized carbons (Fsp3) is 0.381. The SMILES string of the molecule is Cc1ccc(NC(=O)c2ccc(CNC(=O)C3CCCCC3)cc2)nc1. The van der Waals surface area contributed by atoms with E-state index >= 15 is 0 Å². The molecule has 1 aliphatic rings. The van der Waals surface area contributed by atoms with Gasteiger partial charge in [-0.3, -0.25) is 9.59 Å². The van der Waals surface area contributed by atoms with Crippen LogP contribution in [0.25, 0.3) is 0 Å². The van der Waals surface area contributed by atoms with E-state index in [2.05, 4.69) is 15.6 Å². The summed E-state index contributed by atoms with van der Waals surface area (Å²) in [6.45, 7) is 2.45. The molecule has 1 saturated carbocycles. The van der Waals surface area contributed by atoms with Crippen molar-refractivity contribution in [3.05, 3.63) is 59.3 Å². The van der Waals surface area contributed by atoms with Crippen LogP contribution in [0.1, 0.15) is 53.6 Å². The molecule has 0 spiro atoms. The Kier molecular flexibility index (Phi) is 6.00. The van der Waals surface area contributed by atoms with Gasteiger partial charge >= 0.3 is 0 Å². The first kappa shape index (κ1) is 18.1. The molecule has 0 saturated heterocycles. The lowest BCUT2D eigenvalue weighted by molar-refractivity contribution is -0.126. The van der Waals surface area contributed by atoms with E-state index in [1.165, 1.54) is 6.42 Å². The number of benzene rings is 1. The van der Waals surface area contributed by atoms with Crippen LogP contribution >= 0.6 is 0 Å². The zero-order valence-electron chi connectivity index (χ0n) is 15.1. The van der Waals surface area contributed by atoms with E-state index in [0.717, 1.165) is 36.8 Å². The number of hydrogen-bond donors (Lipinski definition) is 2. The van der Waals surface area contributed by atoms with Crippen LogP contribution in [0, 0.1) is 12.8 Å². The third kappa shape index (κ3) is 4.91. The summed E-state index contributed by atoms with van der Waals surface area (Å²) in [4.78, 5) is 28.6. The van der Waals surface area contributed by atoms with Gasteiger partial charge in [0.2, 0.25) is 5.91 Å². The van der Waals surface area contributed by atoms with Crippen molar-refractivity contribution >= 4 is 17.6 Å². The molecule has 1 aromatic carbocycles. The minimum Gasteiger partial charge on any atom is -0.352 e. The predicted octanol–water partition coefficient (Wildman–Crippen LogP) is 3.84. The molecular formula is C21H25N3O2. The van der Waals surface area contributed by atoms with Gasteiger partial charge in [-0.1, -0.05) is 37.5 Å². The summed E-state index contributed by atoms with van der Waals surface area (Å²) in [7, 11) is 0. The number of rotatable bonds is 5. The molecule has 26 heavy (non-hydrogen) atoms. The Morgan fingerprint density at radius 3 is 2.42 bits per heavy atom. The molecule has 3 rings (SSSR count). The Morgan fingerprint density at radius 1 is 1.04 bits per heavy atom. The van der Waals surface area contributed by atoms with Crippen molar-refractivity contribution in [1.82, 2.24) is 10.3 Å². The number of aryl methyl sites for hydroxylation is 1. The molecule has 1 fully saturated rings. The van der Waals surface area contributed by atoms with E-state index in [1.807, 2.05) is 25.1 Å². The highest BCUT2D eigenvalue weighted by Gasteiger charge is 2.20. The number of nitrogens with one attached hydrogen (secondary N) is 2. The summed E-state index contributed by atoms with van der Waals surface area (Å²) in [6.07, 6.45) is 7.25. The number of amides is 2. The molecular weight excluding hydrogens is 326 g/mol. The van der Waals surface area contributed by atoms with E-state index in [0.29, 0.717) is 17.9 Å². The first-order chi connectivity index (χ1) is 12.6. The highest BCUT2D eigenvalue weighted by molar-refractivity contribution is 6.03. The Labute approximate surface area is 154 Å². The molecule has 1 aliphatic carbocycles. The van der Waals surface area contributed by atoms with Crippen molar-refractivity contribution in [2.45, 2.75) is 45.6 Å². The number of nitrogens with zero attached hydrogens (tertiary/aromatic N) is 1. The van der Waals surface area contributed by atoms with E-state index in [-0.39, 0.29) is 17.7 Å². The van der Waals surface area contributed by atoms with E-state index < -0.39 is 0 Å². The van der Waals surface area contributed by atoms with Crippen LogP contribution in [-0.4, -0.2) is 16.8 Å². The molecule has 1 heterocycles. The van der Waals surface area contributed by atoms with Crippen LogP contribution in [0.3, 0.4) is 0 Å². The van der Waals surface area contributed by atoms with Gasteiger partial charge in [0.15, 0.2) is 0 Å². The molecule has 5 nitrogen and oxygen atoms in total. The fourth-order valence-corrected chi connectivity index (χ4v) is 3.20. The Morgan fingerprint density at radius 2 is 1.77 bits per heavy atom. The van der Waals surface area contributed by atoms with Crippen LogP contribution in [0.4, 0.5) is 5.82 Å². The number of aromatic nitrogens is 1. The number of carbonyl (C=O) groups excluding carboxylic acids is 2. The summed E-state index contributed by atoms with van der Waals surface area (Å²) in [5.74, 6) is 0.649. The van der Waals surface area contributed by atoms with Crippen LogP contribution in [-0.2, 0) is 11.3 Å². The smallest absolute Gasteiger partial charge is 0.256 e. The van der Waals surface area contributed by atoms with Crippen LogP contribution < -0.4 is 10.6 Å². The van der Waals surface area contributed by atoms with Gasteiger partial charge in [0.05, 0.1) is 0 Å². The van der Waals surface area contributed by atoms with Gasteiger partial charge in [-0.15, -0.1) is 0 Å². The zero-order chi connectivity index (χ0) is 18.4. The van der Waals surface area contributed by atoms with Gasteiger partial charge in [0.25, 0.3) is 5.91 Å². The molecule has 136 valence electrons. The molecule has 0 bridgehead atoms. The normalized spacial score (nSPS) is 14.7. The van der Waals surface area contributed by atoms with Gasteiger partial charge in [0.1, 0.15) is 5.82 Å². The number of hydrogen-bond acceptors (Lipinski definition) is 3. The van der Waals surface area contributed by atoms with Gasteiger partial charge in [-0.25, -0.2) is 4.98 Å². The molecule has 0 aliphatic heterocycles. The van der Waals surface area contributed by atoms with E-state index in [4.69, 9.17) is 0 Å². The standard InChI is InChI=1S/C21H25N3O2/c1-15-7-12-19(22-13-15)24-21(26)18-10-8-16(9-11-18)14-23-20(25)17-5-3-2-4-6-17/h7-13,17H,2-6,14H2,1H3,(H,23,25)(H,22,24,26). The minimum absolute atomic E-state index is 0.150. The second kappa shape index (κ2) is 8.61. The summed E-state index contributed by atoms with van der Waals surface area (Å²) < 4.78 is 0. The van der Waals surface area contributed by atoms with Crippen LogP contribution in [0.5, 0.6) is 0 Å². The fourth-order valence-electron chi connectivity index (χ4n) is 3.20. The van der Waals surface area contributed by atoms with Crippen molar-refractivity contribution < 1.29 is 9.59 Å². The molecule has 0 radical (unpaired) electrons. The number of carbonyl (C=O) groups is 2. The van der Waals surface area contributed by atoms with Gasteiger partial charge in [0, 0.05) is 24.2 Å². The summed E-state index contributed by atoms with van der Waals surface area (Å²) >= 11 is 0. The zero-order valence-corrected chi connectivity index (χ0v) is 15.1. The third-order valence-corrected chi connectivity index (χ3v) is 4.81. The maximum absolute atomic E-state index is 12.3. The summed E-state index contributed by atoms with van der Waals surface area (Å²) in [5.41, 5.74) is 2.59. The van der Waals surface area contributed by atoms with Gasteiger partial charge < -0.3 is 10.6 Å². The lowest BCUT2D eigenvalue weighted by atomic mass is 9.88. The third-order valence-electron chi connectivity index (χ3n) is 4.81. The van der Waals surface area contributed by atoms with Crippen molar-refractivity contribution in [3.63, 3.8) is 0 Å². The summed E-state index contributed by atoms with van der Waals surface area (Å²) in [5, 5.41) is 5.79. The highest BCUT2D eigenvalue weighted by Crippen LogP contribution is 2.23. The van der Waals surface area contributed by atoms with Crippen molar-refractivity contribution in [2.24, 2.45) is 5.92 Å². The average Bonchev–Trinajstić information content (AvgIpc) is 2.69. The van der Waals surface area contributed by atoms with Gasteiger partial charge in [-0.2, -0.15) is 0 Å².